The molecule has 0 amide bonds. The fourth-order valence-electron chi connectivity index (χ4n) is 2.05. The second-order valence-electron chi connectivity index (χ2n) is 4.72. The molecule has 0 aliphatic carbocycles. The summed E-state index contributed by atoms with van der Waals surface area (Å²) in [7, 11) is 0. The van der Waals surface area contributed by atoms with Gasteiger partial charge in [0.2, 0.25) is 0 Å². The summed E-state index contributed by atoms with van der Waals surface area (Å²) in [5.41, 5.74) is 3.05. The first-order chi connectivity index (χ1) is 9.51. The van der Waals surface area contributed by atoms with E-state index in [-0.39, 0.29) is 24.7 Å². The molecule has 0 fully saturated rings. The minimum atomic E-state index is -0.315. The lowest BCUT2D eigenvalue weighted by Crippen LogP contribution is -2.06. The number of rotatable bonds is 4. The summed E-state index contributed by atoms with van der Waals surface area (Å²) in [6, 6.07) is 4.64. The van der Waals surface area contributed by atoms with Crippen molar-refractivity contribution < 1.29 is 14.6 Å². The molecule has 1 aromatic carbocycles. The van der Waals surface area contributed by atoms with Crippen molar-refractivity contribution in [3.63, 3.8) is 0 Å². The zero-order valence-electron chi connectivity index (χ0n) is 11.4. The normalized spacial score (nSPS) is 10.6. The molecule has 106 valence electrons. The molecule has 0 spiro atoms. The standard InChI is InChI=1S/C15H17FN2O2/c1-9-3-12(16)5-13(4-9)18-7-14-11(8-19)6-17-10(2)15(14)20/h3-6,18-20H,7-8H2,1-2H3. The summed E-state index contributed by atoms with van der Waals surface area (Å²) >= 11 is 0. The van der Waals surface area contributed by atoms with E-state index in [1.54, 1.807) is 6.92 Å². The van der Waals surface area contributed by atoms with Crippen LogP contribution in [-0.2, 0) is 13.2 Å². The number of aliphatic hydroxyl groups excluding tert-OH is 1. The molecule has 2 aromatic rings. The van der Waals surface area contributed by atoms with Gasteiger partial charge in [-0.05, 0) is 37.6 Å². The van der Waals surface area contributed by atoms with Crippen LogP contribution in [0.5, 0.6) is 5.75 Å². The highest BCUT2D eigenvalue weighted by Gasteiger charge is 2.11. The maximum absolute atomic E-state index is 13.3. The maximum atomic E-state index is 13.3. The molecule has 4 nitrogen and oxygen atoms in total. The van der Waals surface area contributed by atoms with Gasteiger partial charge in [-0.2, -0.15) is 0 Å². The van der Waals surface area contributed by atoms with E-state index in [1.807, 2.05) is 13.0 Å². The highest BCUT2D eigenvalue weighted by molar-refractivity contribution is 5.49. The predicted octanol–water partition coefficient (Wildman–Crippen LogP) is 2.65. The molecule has 0 saturated heterocycles. The first kappa shape index (κ1) is 14.3. The van der Waals surface area contributed by atoms with E-state index in [9.17, 15) is 14.6 Å². The van der Waals surface area contributed by atoms with Gasteiger partial charge in [-0.3, -0.25) is 4.98 Å². The Hall–Kier alpha value is -2.14. The number of nitrogens with zero attached hydrogens (tertiary/aromatic N) is 1. The van der Waals surface area contributed by atoms with E-state index in [0.29, 0.717) is 22.5 Å². The molecule has 1 heterocycles. The van der Waals surface area contributed by atoms with Crippen LogP contribution in [0.4, 0.5) is 10.1 Å². The monoisotopic (exact) mass is 276 g/mol. The summed E-state index contributed by atoms with van der Waals surface area (Å²) < 4.78 is 13.3. The molecule has 2 rings (SSSR count). The van der Waals surface area contributed by atoms with E-state index in [4.69, 9.17) is 0 Å². The number of pyridine rings is 1. The first-order valence-corrected chi connectivity index (χ1v) is 6.29. The lowest BCUT2D eigenvalue weighted by molar-refractivity contribution is 0.279. The number of anilines is 1. The Morgan fingerprint density at radius 1 is 1.25 bits per heavy atom. The first-order valence-electron chi connectivity index (χ1n) is 6.29. The number of halogens is 1. The minimum absolute atomic E-state index is 0.0529. The van der Waals surface area contributed by atoms with Crippen molar-refractivity contribution in [2.75, 3.05) is 5.32 Å². The molecule has 0 atom stereocenters. The summed E-state index contributed by atoms with van der Waals surface area (Å²) in [6.45, 7) is 3.57. The Kier molecular flexibility index (Phi) is 4.20. The molecule has 3 N–H and O–H groups in total. The quantitative estimate of drug-likeness (QED) is 0.803. The van der Waals surface area contributed by atoms with Crippen molar-refractivity contribution >= 4 is 5.69 Å². The topological polar surface area (TPSA) is 65.4 Å². The van der Waals surface area contributed by atoms with Gasteiger partial charge in [0.1, 0.15) is 11.6 Å². The lowest BCUT2D eigenvalue weighted by atomic mass is 10.1. The number of benzene rings is 1. The number of nitrogens with one attached hydrogen (secondary N) is 1. The number of hydrogen-bond acceptors (Lipinski definition) is 4. The molecule has 0 aliphatic heterocycles. The number of hydrogen-bond donors (Lipinski definition) is 3. The molecule has 20 heavy (non-hydrogen) atoms. The summed E-state index contributed by atoms with van der Waals surface area (Å²) in [5, 5.41) is 22.3. The van der Waals surface area contributed by atoms with Crippen LogP contribution in [0.15, 0.2) is 24.4 Å². The highest BCUT2D eigenvalue weighted by Crippen LogP contribution is 2.25. The van der Waals surface area contributed by atoms with Gasteiger partial charge in [0, 0.05) is 29.6 Å². The van der Waals surface area contributed by atoms with Gasteiger partial charge in [0.15, 0.2) is 0 Å². The number of aromatic nitrogens is 1. The summed E-state index contributed by atoms with van der Waals surface area (Å²) in [6.07, 6.45) is 1.53. The van der Waals surface area contributed by atoms with E-state index in [0.717, 1.165) is 5.56 Å². The highest BCUT2D eigenvalue weighted by atomic mass is 19.1. The predicted molar refractivity (Wildman–Crippen MR) is 75.0 cm³/mol. The molecule has 1 aromatic heterocycles. The zero-order valence-corrected chi connectivity index (χ0v) is 11.4. The van der Waals surface area contributed by atoms with Gasteiger partial charge in [-0.25, -0.2) is 4.39 Å². The molecular formula is C15H17FN2O2. The maximum Gasteiger partial charge on any atom is 0.142 e. The van der Waals surface area contributed by atoms with Crippen LogP contribution < -0.4 is 5.32 Å². The number of aromatic hydroxyl groups is 1. The Bertz CT molecular complexity index is 609. The van der Waals surface area contributed by atoms with Crippen molar-refractivity contribution in [1.29, 1.82) is 0 Å². The Labute approximate surface area is 116 Å². The van der Waals surface area contributed by atoms with Crippen LogP contribution in [-0.4, -0.2) is 15.2 Å². The minimum Gasteiger partial charge on any atom is -0.506 e. The van der Waals surface area contributed by atoms with E-state index < -0.39 is 0 Å². The largest absolute Gasteiger partial charge is 0.506 e. The molecule has 0 radical (unpaired) electrons. The smallest absolute Gasteiger partial charge is 0.142 e. The average Bonchev–Trinajstić information content (AvgIpc) is 2.39. The van der Waals surface area contributed by atoms with Crippen molar-refractivity contribution in [1.82, 2.24) is 4.98 Å². The SMILES string of the molecule is Cc1cc(F)cc(NCc2c(CO)cnc(C)c2O)c1. The van der Waals surface area contributed by atoms with Crippen molar-refractivity contribution in [2.24, 2.45) is 0 Å². The van der Waals surface area contributed by atoms with Gasteiger partial charge in [-0.1, -0.05) is 0 Å². The van der Waals surface area contributed by atoms with Crippen LogP contribution in [0.25, 0.3) is 0 Å². The molecule has 5 heteroatoms. The second-order valence-corrected chi connectivity index (χ2v) is 4.72. The Balaban J connectivity index is 2.24. The Morgan fingerprint density at radius 3 is 2.65 bits per heavy atom. The molecule has 0 saturated carbocycles. The molecule has 0 aliphatic rings. The van der Waals surface area contributed by atoms with Gasteiger partial charge in [0.05, 0.1) is 12.3 Å². The molecular weight excluding hydrogens is 259 g/mol. The number of aliphatic hydroxyl groups is 1. The van der Waals surface area contributed by atoms with Gasteiger partial charge in [0.25, 0.3) is 0 Å². The van der Waals surface area contributed by atoms with Gasteiger partial charge in [-0.15, -0.1) is 0 Å². The molecule has 0 bridgehead atoms. The third-order valence-corrected chi connectivity index (χ3v) is 3.11. The van der Waals surface area contributed by atoms with Crippen LogP contribution in [0.2, 0.25) is 0 Å². The van der Waals surface area contributed by atoms with Crippen molar-refractivity contribution in [3.05, 3.63) is 52.6 Å². The van der Waals surface area contributed by atoms with Gasteiger partial charge >= 0.3 is 0 Å². The van der Waals surface area contributed by atoms with Crippen LogP contribution in [0.1, 0.15) is 22.4 Å². The van der Waals surface area contributed by atoms with Crippen LogP contribution in [0.3, 0.4) is 0 Å². The van der Waals surface area contributed by atoms with Crippen molar-refractivity contribution in [3.8, 4) is 5.75 Å². The van der Waals surface area contributed by atoms with E-state index in [2.05, 4.69) is 10.3 Å². The van der Waals surface area contributed by atoms with Crippen molar-refractivity contribution in [2.45, 2.75) is 27.0 Å². The van der Waals surface area contributed by atoms with E-state index >= 15 is 0 Å². The number of aryl methyl sites for hydroxylation is 2. The van der Waals surface area contributed by atoms with Gasteiger partial charge < -0.3 is 15.5 Å². The second kappa shape index (κ2) is 5.88. The summed E-state index contributed by atoms with van der Waals surface area (Å²) in [5.74, 6) is -0.262. The third kappa shape index (κ3) is 3.05. The average molecular weight is 276 g/mol. The molecule has 0 unspecified atom stereocenters. The van der Waals surface area contributed by atoms with E-state index in [1.165, 1.54) is 18.3 Å². The third-order valence-electron chi connectivity index (χ3n) is 3.11. The summed E-state index contributed by atoms with van der Waals surface area (Å²) in [4.78, 5) is 4.00. The van der Waals surface area contributed by atoms with Crippen LogP contribution >= 0.6 is 0 Å². The Morgan fingerprint density at radius 2 is 2.00 bits per heavy atom. The fourth-order valence-corrected chi connectivity index (χ4v) is 2.05. The van der Waals surface area contributed by atoms with Crippen LogP contribution in [0, 0.1) is 19.7 Å². The zero-order chi connectivity index (χ0) is 14.7. The fraction of sp³-hybridized carbons (Fsp3) is 0.267. The lowest BCUT2D eigenvalue weighted by Gasteiger charge is -2.13.